The van der Waals surface area contributed by atoms with E-state index in [4.69, 9.17) is 0 Å². The van der Waals surface area contributed by atoms with E-state index in [1.807, 2.05) is 6.26 Å². The zero-order chi connectivity index (χ0) is 14.5. The van der Waals surface area contributed by atoms with Gasteiger partial charge in [-0.05, 0) is 18.9 Å². The van der Waals surface area contributed by atoms with E-state index in [1.165, 1.54) is 5.56 Å². The molecule has 4 atom stereocenters. The topological polar surface area (TPSA) is 32.3 Å². The zero-order valence-corrected chi connectivity index (χ0v) is 13.5. The van der Waals surface area contributed by atoms with Gasteiger partial charge in [0.1, 0.15) is 0 Å². The molecule has 0 aliphatic carbocycles. The summed E-state index contributed by atoms with van der Waals surface area (Å²) in [5.41, 5.74) is 1.35. The van der Waals surface area contributed by atoms with Crippen LogP contribution in [0, 0.1) is 0 Å². The molecule has 0 bridgehead atoms. The van der Waals surface area contributed by atoms with E-state index in [9.17, 15) is 4.21 Å². The number of hydrogen-bond donors (Lipinski definition) is 1. The van der Waals surface area contributed by atoms with Crippen LogP contribution in [0.5, 0.6) is 0 Å². The first-order chi connectivity index (χ1) is 9.61. The Labute approximate surface area is 125 Å². The largest absolute Gasteiger partial charge is 0.311 e. The minimum absolute atomic E-state index is 0.219. The second kappa shape index (κ2) is 7.34. The Kier molecular flexibility index (Phi) is 5.75. The maximum Gasteiger partial charge on any atom is 0.0473 e. The molecule has 2 rings (SSSR count). The van der Waals surface area contributed by atoms with Crippen molar-refractivity contribution < 1.29 is 4.21 Å². The van der Waals surface area contributed by atoms with Gasteiger partial charge in [-0.3, -0.25) is 9.11 Å². The Bertz CT molecular complexity index is 437. The normalized spacial score (nSPS) is 27.1. The highest BCUT2D eigenvalue weighted by molar-refractivity contribution is 7.84. The summed E-state index contributed by atoms with van der Waals surface area (Å²) in [7, 11) is -0.759. The molecule has 4 heteroatoms. The molecule has 1 fully saturated rings. The third-order valence-corrected chi connectivity index (χ3v) is 5.51. The maximum atomic E-state index is 11.7. The van der Waals surface area contributed by atoms with Crippen molar-refractivity contribution in [1.82, 2.24) is 10.2 Å². The van der Waals surface area contributed by atoms with Crippen LogP contribution in [-0.4, -0.2) is 46.3 Å². The Hall–Kier alpha value is -0.710. The van der Waals surface area contributed by atoms with Crippen LogP contribution in [0.15, 0.2) is 30.3 Å². The smallest absolute Gasteiger partial charge is 0.0473 e. The van der Waals surface area contributed by atoms with E-state index in [-0.39, 0.29) is 5.25 Å². The van der Waals surface area contributed by atoms with Gasteiger partial charge in [0.2, 0.25) is 0 Å². The van der Waals surface area contributed by atoms with Crippen molar-refractivity contribution in [3.63, 3.8) is 0 Å². The Balaban J connectivity index is 2.13. The first-order valence-electron chi connectivity index (χ1n) is 7.46. The van der Waals surface area contributed by atoms with Crippen LogP contribution < -0.4 is 5.32 Å². The van der Waals surface area contributed by atoms with Crippen LogP contribution in [0.1, 0.15) is 31.9 Å². The Morgan fingerprint density at radius 3 is 2.70 bits per heavy atom. The number of nitrogens with zero attached hydrogens (tertiary/aromatic N) is 1. The highest BCUT2D eigenvalue weighted by Crippen LogP contribution is 2.24. The third-order valence-electron chi connectivity index (χ3n) is 4.23. The number of hydrogen-bond acceptors (Lipinski definition) is 3. The number of piperazine rings is 1. The van der Waals surface area contributed by atoms with Crippen LogP contribution in [0.4, 0.5) is 0 Å². The van der Waals surface area contributed by atoms with Gasteiger partial charge in [-0.15, -0.1) is 0 Å². The maximum absolute atomic E-state index is 11.7. The molecular weight excluding hydrogens is 268 g/mol. The van der Waals surface area contributed by atoms with Crippen LogP contribution in [0.25, 0.3) is 0 Å². The minimum atomic E-state index is -0.759. The van der Waals surface area contributed by atoms with Gasteiger partial charge in [-0.2, -0.15) is 0 Å². The standard InChI is InChI=1S/C16H26N2OS/c1-4-15-12-18(11-13(2)20(3)19)16(10-17-15)14-8-6-5-7-9-14/h5-9,13,15-17H,4,10-12H2,1-3H3. The molecule has 0 spiro atoms. The van der Waals surface area contributed by atoms with Crippen LogP contribution >= 0.6 is 0 Å². The first-order valence-corrected chi connectivity index (χ1v) is 9.08. The minimum Gasteiger partial charge on any atom is -0.311 e. The van der Waals surface area contributed by atoms with E-state index in [0.717, 1.165) is 26.1 Å². The van der Waals surface area contributed by atoms with E-state index in [2.05, 4.69) is 54.4 Å². The molecule has 1 aliphatic heterocycles. The highest BCUT2D eigenvalue weighted by atomic mass is 32.2. The molecule has 1 heterocycles. The molecule has 4 unspecified atom stereocenters. The molecule has 1 saturated heterocycles. The summed E-state index contributed by atoms with van der Waals surface area (Å²) in [6.45, 7) is 7.23. The summed E-state index contributed by atoms with van der Waals surface area (Å²) < 4.78 is 11.7. The quantitative estimate of drug-likeness (QED) is 0.903. The van der Waals surface area contributed by atoms with Gasteiger partial charge in [0, 0.05) is 54.0 Å². The molecule has 1 aromatic rings. The summed E-state index contributed by atoms with van der Waals surface area (Å²) >= 11 is 0. The summed E-state index contributed by atoms with van der Waals surface area (Å²) in [5.74, 6) is 0. The van der Waals surface area contributed by atoms with Gasteiger partial charge >= 0.3 is 0 Å². The van der Waals surface area contributed by atoms with Gasteiger partial charge < -0.3 is 5.32 Å². The molecule has 1 N–H and O–H groups in total. The van der Waals surface area contributed by atoms with Crippen molar-refractivity contribution in [3.8, 4) is 0 Å². The molecular formula is C16H26N2OS. The van der Waals surface area contributed by atoms with Crippen LogP contribution in [0.3, 0.4) is 0 Å². The third kappa shape index (κ3) is 3.90. The van der Waals surface area contributed by atoms with E-state index >= 15 is 0 Å². The molecule has 3 nitrogen and oxygen atoms in total. The fraction of sp³-hybridized carbons (Fsp3) is 0.625. The second-order valence-electron chi connectivity index (χ2n) is 5.70. The number of nitrogens with one attached hydrogen (secondary N) is 1. The Morgan fingerprint density at radius 1 is 1.40 bits per heavy atom. The summed E-state index contributed by atoms with van der Waals surface area (Å²) in [5, 5.41) is 3.85. The monoisotopic (exact) mass is 294 g/mol. The number of benzene rings is 1. The predicted molar refractivity (Wildman–Crippen MR) is 86.4 cm³/mol. The van der Waals surface area contributed by atoms with Crippen molar-refractivity contribution in [1.29, 1.82) is 0 Å². The number of rotatable bonds is 5. The summed E-state index contributed by atoms with van der Waals surface area (Å²) in [6.07, 6.45) is 2.95. The zero-order valence-electron chi connectivity index (χ0n) is 12.7. The lowest BCUT2D eigenvalue weighted by Crippen LogP contribution is -2.53. The SMILES string of the molecule is CCC1CN(CC(C)S(C)=O)C(c2ccccc2)CN1. The van der Waals surface area contributed by atoms with Crippen molar-refractivity contribution in [2.45, 2.75) is 37.6 Å². The fourth-order valence-electron chi connectivity index (χ4n) is 2.80. The van der Waals surface area contributed by atoms with Gasteiger partial charge in [0.25, 0.3) is 0 Å². The van der Waals surface area contributed by atoms with E-state index < -0.39 is 10.8 Å². The molecule has 112 valence electrons. The summed E-state index contributed by atoms with van der Waals surface area (Å²) in [4.78, 5) is 2.51. The highest BCUT2D eigenvalue weighted by Gasteiger charge is 2.29. The van der Waals surface area contributed by atoms with E-state index in [0.29, 0.717) is 12.1 Å². The molecule has 0 saturated carbocycles. The average Bonchev–Trinajstić information content (AvgIpc) is 2.48. The van der Waals surface area contributed by atoms with Crippen molar-refractivity contribution in [2.75, 3.05) is 25.9 Å². The lowest BCUT2D eigenvalue weighted by Gasteiger charge is -2.41. The van der Waals surface area contributed by atoms with Crippen LogP contribution in [0.2, 0.25) is 0 Å². The molecule has 0 radical (unpaired) electrons. The van der Waals surface area contributed by atoms with Gasteiger partial charge in [0.15, 0.2) is 0 Å². The second-order valence-corrected chi connectivity index (χ2v) is 7.50. The van der Waals surface area contributed by atoms with Gasteiger partial charge in [-0.25, -0.2) is 0 Å². The molecule has 1 aromatic carbocycles. The van der Waals surface area contributed by atoms with Gasteiger partial charge in [-0.1, -0.05) is 37.3 Å². The molecule has 20 heavy (non-hydrogen) atoms. The molecule has 0 aromatic heterocycles. The lowest BCUT2D eigenvalue weighted by molar-refractivity contribution is 0.130. The van der Waals surface area contributed by atoms with E-state index in [1.54, 1.807) is 0 Å². The molecule has 0 amide bonds. The van der Waals surface area contributed by atoms with Crippen molar-refractivity contribution in [2.24, 2.45) is 0 Å². The lowest BCUT2D eigenvalue weighted by atomic mass is 10.00. The fourth-order valence-corrected chi connectivity index (χ4v) is 3.20. The molecule has 1 aliphatic rings. The Morgan fingerprint density at radius 2 is 2.10 bits per heavy atom. The van der Waals surface area contributed by atoms with Crippen molar-refractivity contribution in [3.05, 3.63) is 35.9 Å². The van der Waals surface area contributed by atoms with Crippen molar-refractivity contribution >= 4 is 10.8 Å². The average molecular weight is 294 g/mol. The first kappa shape index (κ1) is 15.7. The predicted octanol–water partition coefficient (Wildman–Crippen LogP) is 2.18. The van der Waals surface area contributed by atoms with Gasteiger partial charge in [0.05, 0.1) is 0 Å². The summed E-state index contributed by atoms with van der Waals surface area (Å²) in [6, 6.07) is 11.6. The van der Waals surface area contributed by atoms with Crippen LogP contribution in [-0.2, 0) is 10.8 Å².